The lowest BCUT2D eigenvalue weighted by molar-refractivity contribution is 0.470. The highest BCUT2D eigenvalue weighted by Crippen LogP contribution is 2.45. The molecule has 0 bridgehead atoms. The van der Waals surface area contributed by atoms with E-state index < -0.39 is 10.1 Å². The number of phenolic OH excluding ortho intramolecular Hbond substituents is 1. The molecule has 2 aromatic heterocycles. The number of nitrogens with zero attached hydrogens (tertiary/aromatic N) is 3. The lowest BCUT2D eigenvalue weighted by atomic mass is 10.1. The van der Waals surface area contributed by atoms with Crippen molar-refractivity contribution in [1.29, 1.82) is 0 Å². The van der Waals surface area contributed by atoms with Gasteiger partial charge in [0.1, 0.15) is 21.5 Å². The molecule has 0 aliphatic carbocycles. The fourth-order valence-electron chi connectivity index (χ4n) is 6.04. The number of aromatic hydroxyl groups is 1. The number of rotatable bonds is 6. The molecule has 0 amide bonds. The van der Waals surface area contributed by atoms with Crippen LogP contribution < -0.4 is 4.18 Å². The summed E-state index contributed by atoms with van der Waals surface area (Å²) in [5.74, 6) is 0.496. The van der Waals surface area contributed by atoms with Crippen LogP contribution in [0.1, 0.15) is 12.5 Å². The van der Waals surface area contributed by atoms with Crippen LogP contribution in [0.25, 0.3) is 64.8 Å². The van der Waals surface area contributed by atoms with Gasteiger partial charge in [-0.15, -0.1) is 11.3 Å². The number of thiazole rings is 1. The number of benzene rings is 6. The van der Waals surface area contributed by atoms with Crippen molar-refractivity contribution in [2.24, 2.45) is 0 Å². The molecule has 0 atom stereocenters. The summed E-state index contributed by atoms with van der Waals surface area (Å²) in [5, 5.41) is 16.4. The van der Waals surface area contributed by atoms with Gasteiger partial charge in [-0.25, -0.2) is 9.97 Å². The first-order valence-corrected chi connectivity index (χ1v) is 17.1. The molecule has 0 fully saturated rings. The van der Waals surface area contributed by atoms with E-state index in [4.69, 9.17) is 14.2 Å². The van der Waals surface area contributed by atoms with Crippen LogP contribution in [0.3, 0.4) is 0 Å². The van der Waals surface area contributed by atoms with Crippen LogP contribution in [-0.2, 0) is 16.7 Å². The molecular weight excluding hydrogens is 615 g/mol. The second-order valence-corrected chi connectivity index (χ2v) is 13.7. The first-order chi connectivity index (χ1) is 22.3. The van der Waals surface area contributed by atoms with Gasteiger partial charge in [0.05, 0.1) is 32.4 Å². The van der Waals surface area contributed by atoms with Crippen LogP contribution in [0.5, 0.6) is 11.5 Å². The van der Waals surface area contributed by atoms with Gasteiger partial charge in [0, 0.05) is 17.3 Å². The van der Waals surface area contributed by atoms with Crippen molar-refractivity contribution in [3.63, 3.8) is 0 Å². The number of fused-ring (bicyclic) bond motifs is 6. The van der Waals surface area contributed by atoms with E-state index in [1.165, 1.54) is 29.5 Å². The van der Waals surface area contributed by atoms with E-state index in [-0.39, 0.29) is 16.4 Å². The molecule has 0 radical (unpaired) electrons. The molecule has 6 aromatic carbocycles. The van der Waals surface area contributed by atoms with E-state index >= 15 is 0 Å². The van der Waals surface area contributed by atoms with Crippen molar-refractivity contribution in [2.75, 3.05) is 0 Å². The lowest BCUT2D eigenvalue weighted by Gasteiger charge is -2.15. The summed E-state index contributed by atoms with van der Waals surface area (Å²) in [7, 11) is -4.24. The molecule has 0 spiro atoms. The molecule has 46 heavy (non-hydrogen) atoms. The largest absolute Gasteiger partial charge is 0.507 e. The second kappa shape index (κ2) is 10.7. The summed E-state index contributed by atoms with van der Waals surface area (Å²) in [5.41, 5.74) is 4.13. The fourth-order valence-corrected chi connectivity index (χ4v) is 8.10. The molecule has 0 aliphatic rings. The SMILES string of the molecule is CCn1c(-c2cc(OS(=O)(=O)c3ccc(C)cc3)c(-c3nc4ccc5ccccc5c4s3)cc2O)nc2ccc3ccccc3c21. The summed E-state index contributed by atoms with van der Waals surface area (Å²) < 4.78 is 36.2. The van der Waals surface area contributed by atoms with Gasteiger partial charge in [0.2, 0.25) is 0 Å². The molecule has 0 saturated heterocycles. The molecule has 1 N–H and O–H groups in total. The van der Waals surface area contributed by atoms with Crippen LogP contribution >= 0.6 is 11.3 Å². The van der Waals surface area contributed by atoms with Crippen molar-refractivity contribution < 1.29 is 17.7 Å². The van der Waals surface area contributed by atoms with Gasteiger partial charge in [-0.2, -0.15) is 8.42 Å². The van der Waals surface area contributed by atoms with E-state index in [9.17, 15) is 13.5 Å². The number of aryl methyl sites for hydroxylation is 2. The summed E-state index contributed by atoms with van der Waals surface area (Å²) in [4.78, 5) is 9.82. The van der Waals surface area contributed by atoms with Crippen LogP contribution in [0, 0.1) is 6.92 Å². The van der Waals surface area contributed by atoms with Gasteiger partial charge in [0.15, 0.2) is 5.75 Å². The minimum atomic E-state index is -4.24. The Labute approximate surface area is 269 Å². The van der Waals surface area contributed by atoms with Crippen LogP contribution in [0.15, 0.2) is 114 Å². The Balaban J connectivity index is 1.36. The highest BCUT2D eigenvalue weighted by atomic mass is 32.2. The average molecular weight is 642 g/mol. The zero-order valence-corrected chi connectivity index (χ0v) is 26.6. The van der Waals surface area contributed by atoms with Crippen molar-refractivity contribution >= 4 is 64.2 Å². The predicted octanol–water partition coefficient (Wildman–Crippen LogP) is 9.09. The predicted molar refractivity (Wildman–Crippen MR) is 185 cm³/mol. The molecule has 0 saturated carbocycles. The lowest BCUT2D eigenvalue weighted by Crippen LogP contribution is -2.10. The van der Waals surface area contributed by atoms with Gasteiger partial charge in [0.25, 0.3) is 0 Å². The summed E-state index contributed by atoms with van der Waals surface area (Å²) >= 11 is 1.42. The van der Waals surface area contributed by atoms with E-state index in [2.05, 4.69) is 12.1 Å². The van der Waals surface area contributed by atoms with Crippen LogP contribution in [0.4, 0.5) is 0 Å². The Morgan fingerprint density at radius 2 is 1.46 bits per heavy atom. The Morgan fingerprint density at radius 3 is 2.20 bits per heavy atom. The molecule has 0 unspecified atom stereocenters. The first kappa shape index (κ1) is 28.2. The topological polar surface area (TPSA) is 94.3 Å². The van der Waals surface area contributed by atoms with Crippen molar-refractivity contribution in [2.45, 2.75) is 25.3 Å². The molecule has 7 nitrogen and oxygen atoms in total. The number of aromatic nitrogens is 3. The van der Waals surface area contributed by atoms with Crippen molar-refractivity contribution in [3.8, 4) is 33.5 Å². The summed E-state index contributed by atoms with van der Waals surface area (Å²) in [6, 6.07) is 33.7. The van der Waals surface area contributed by atoms with Gasteiger partial charge in [-0.1, -0.05) is 78.4 Å². The fraction of sp³-hybridized carbons (Fsp3) is 0.0811. The van der Waals surface area contributed by atoms with Gasteiger partial charge in [-0.05, 0) is 61.0 Å². The van der Waals surface area contributed by atoms with E-state index in [0.717, 1.165) is 48.4 Å². The van der Waals surface area contributed by atoms with E-state index in [0.29, 0.717) is 28.5 Å². The molecule has 8 aromatic rings. The Kier molecular flexibility index (Phi) is 6.56. The second-order valence-electron chi connectivity index (χ2n) is 11.2. The maximum absolute atomic E-state index is 13.7. The monoisotopic (exact) mass is 641 g/mol. The average Bonchev–Trinajstić information content (AvgIpc) is 3.68. The summed E-state index contributed by atoms with van der Waals surface area (Å²) in [6.07, 6.45) is 0. The van der Waals surface area contributed by atoms with E-state index in [1.54, 1.807) is 18.2 Å². The molecule has 9 heteroatoms. The highest BCUT2D eigenvalue weighted by molar-refractivity contribution is 7.87. The number of hydrogen-bond acceptors (Lipinski definition) is 7. The Hall–Kier alpha value is -5.25. The van der Waals surface area contributed by atoms with Gasteiger partial charge >= 0.3 is 10.1 Å². The third kappa shape index (κ3) is 4.58. The molecule has 2 heterocycles. The molecule has 226 valence electrons. The minimum Gasteiger partial charge on any atom is -0.507 e. The minimum absolute atomic E-state index is 0.0289. The highest BCUT2D eigenvalue weighted by Gasteiger charge is 2.25. The third-order valence-corrected chi connectivity index (χ3v) is 10.7. The maximum Gasteiger partial charge on any atom is 0.339 e. The van der Waals surface area contributed by atoms with E-state index in [1.807, 2.05) is 79.1 Å². The summed E-state index contributed by atoms with van der Waals surface area (Å²) in [6.45, 7) is 4.48. The molecule has 8 rings (SSSR count). The third-order valence-electron chi connectivity index (χ3n) is 8.31. The Bertz CT molecular complexity index is 2590. The van der Waals surface area contributed by atoms with Crippen molar-refractivity contribution in [1.82, 2.24) is 14.5 Å². The quantitative estimate of drug-likeness (QED) is 0.182. The number of imidazole rings is 1. The van der Waals surface area contributed by atoms with Crippen molar-refractivity contribution in [3.05, 3.63) is 115 Å². The Morgan fingerprint density at radius 1 is 0.783 bits per heavy atom. The van der Waals surface area contributed by atoms with Gasteiger partial charge in [-0.3, -0.25) is 0 Å². The zero-order chi connectivity index (χ0) is 31.6. The standard InChI is InChI=1S/C37H27N3O4S2/c1-3-40-34-26-10-6-4-8-23(26)14-18-30(34)38-36(40)28-21-33(44-46(42,43)25-16-12-22(2)13-17-25)29(20-32(28)41)37-39-31-19-15-24-9-5-7-11-27(24)35(31)45-37/h4-21,41H,3H2,1-2H3. The molecule has 0 aliphatic heterocycles. The van der Waals surface area contributed by atoms with Crippen LogP contribution in [0.2, 0.25) is 0 Å². The number of hydrogen-bond donors (Lipinski definition) is 1. The first-order valence-electron chi connectivity index (χ1n) is 14.9. The van der Waals surface area contributed by atoms with Gasteiger partial charge < -0.3 is 13.9 Å². The normalized spacial score (nSPS) is 12.0. The zero-order valence-electron chi connectivity index (χ0n) is 24.9. The number of phenols is 1. The van der Waals surface area contributed by atoms with Crippen LogP contribution in [-0.4, -0.2) is 28.1 Å². The molecular formula is C37H27N3O4S2. The smallest absolute Gasteiger partial charge is 0.339 e. The maximum atomic E-state index is 13.7.